The minimum Gasteiger partial charge on any atom is -0.171 e. The van der Waals surface area contributed by atoms with Gasteiger partial charge < -0.3 is 0 Å². The molecule has 0 amide bonds. The van der Waals surface area contributed by atoms with Crippen LogP contribution in [-0.2, 0) is 0 Å². The average Bonchev–Trinajstić information content (AvgIpc) is 2.57. The van der Waals surface area contributed by atoms with Crippen LogP contribution in [0.1, 0.15) is 130 Å². The van der Waals surface area contributed by atoms with Crippen LogP contribution in [0.15, 0.2) is 0 Å². The Bertz CT molecular complexity index is 307. The summed E-state index contributed by atoms with van der Waals surface area (Å²) in [6.45, 7) is 7.23. The predicted molar refractivity (Wildman–Crippen MR) is 109 cm³/mol. The highest BCUT2D eigenvalue weighted by Crippen LogP contribution is 2.47. The van der Waals surface area contributed by atoms with Gasteiger partial charge in [-0.3, -0.25) is 0 Å². The van der Waals surface area contributed by atoms with Gasteiger partial charge in [0.05, 0.1) is 5.41 Å². The summed E-state index contributed by atoms with van der Waals surface area (Å²) in [7, 11) is 0. The first-order valence-electron chi connectivity index (χ1n) is 11.3. The van der Waals surface area contributed by atoms with Gasteiger partial charge in [0.15, 0.2) is 0 Å². The van der Waals surface area contributed by atoms with E-state index in [-0.39, 0.29) is 5.92 Å². The summed E-state index contributed by atoms with van der Waals surface area (Å²) >= 11 is 0. The molecule has 0 rings (SSSR count). The first-order chi connectivity index (χ1) is 12.3. The molecule has 0 nitrogen and oxygen atoms in total. The fraction of sp³-hybridized carbons (Fsp3) is 1.00. The van der Waals surface area contributed by atoms with Gasteiger partial charge in [0.25, 0.3) is 0 Å². The third-order valence-corrected chi connectivity index (χ3v) is 6.06. The molecule has 1 unspecified atom stereocenters. The summed E-state index contributed by atoms with van der Waals surface area (Å²) in [6, 6.07) is 0. The Morgan fingerprint density at radius 3 is 1.15 bits per heavy atom. The molecule has 0 radical (unpaired) electrons. The van der Waals surface area contributed by atoms with Crippen molar-refractivity contribution in [2.24, 2.45) is 11.3 Å². The van der Waals surface area contributed by atoms with Crippen molar-refractivity contribution in [3.05, 3.63) is 0 Å². The van der Waals surface area contributed by atoms with E-state index in [1.807, 2.05) is 0 Å². The number of hydrogen-bond acceptors (Lipinski definition) is 0. The Balaban J connectivity index is 4.21. The van der Waals surface area contributed by atoms with Gasteiger partial charge in [-0.1, -0.05) is 118 Å². The largest absolute Gasteiger partial charge is 0.394 e. The molecule has 0 fully saturated rings. The molecule has 0 aromatic heterocycles. The number of halogens is 3. The Hall–Kier alpha value is -0.210. The number of unbranched alkanes of at least 4 members (excludes halogenated alkanes) is 12. The van der Waals surface area contributed by atoms with Gasteiger partial charge in [0, 0.05) is 0 Å². The Kier molecular flexibility index (Phi) is 14.7. The maximum absolute atomic E-state index is 13.5. The van der Waals surface area contributed by atoms with Crippen LogP contribution in [-0.4, -0.2) is 6.18 Å². The second-order valence-electron chi connectivity index (χ2n) is 8.74. The standard InChI is InChI=1S/C23H45F3/c1-5-7-9-11-13-14-16-18-20-21(22(3,4)23(24,25)26)19-17-15-12-10-8-6-2/h21H,5-20H2,1-4H3. The zero-order chi connectivity index (χ0) is 19.9. The third-order valence-electron chi connectivity index (χ3n) is 6.06. The molecule has 0 N–H and O–H groups in total. The number of hydrogen-bond donors (Lipinski definition) is 0. The quantitative estimate of drug-likeness (QED) is 0.221. The van der Waals surface area contributed by atoms with Crippen molar-refractivity contribution in [2.45, 2.75) is 137 Å². The first kappa shape index (κ1) is 25.8. The molecular weight excluding hydrogens is 333 g/mol. The Morgan fingerprint density at radius 2 is 0.846 bits per heavy atom. The van der Waals surface area contributed by atoms with Crippen LogP contribution in [0.4, 0.5) is 13.2 Å². The second-order valence-corrected chi connectivity index (χ2v) is 8.74. The minimum atomic E-state index is -4.10. The Morgan fingerprint density at radius 1 is 0.538 bits per heavy atom. The monoisotopic (exact) mass is 378 g/mol. The van der Waals surface area contributed by atoms with E-state index in [0.717, 1.165) is 38.5 Å². The van der Waals surface area contributed by atoms with Crippen LogP contribution in [0.3, 0.4) is 0 Å². The molecular formula is C23H45F3. The van der Waals surface area contributed by atoms with E-state index in [9.17, 15) is 13.2 Å². The fourth-order valence-corrected chi connectivity index (χ4v) is 3.79. The van der Waals surface area contributed by atoms with Crippen LogP contribution in [0.2, 0.25) is 0 Å². The highest BCUT2D eigenvalue weighted by molar-refractivity contribution is 4.85. The predicted octanol–water partition coefficient (Wildman–Crippen LogP) is 9.47. The van der Waals surface area contributed by atoms with Crippen molar-refractivity contribution in [1.29, 1.82) is 0 Å². The van der Waals surface area contributed by atoms with E-state index in [1.54, 1.807) is 0 Å². The number of rotatable bonds is 17. The van der Waals surface area contributed by atoms with Crippen LogP contribution in [0.25, 0.3) is 0 Å². The molecule has 0 aliphatic rings. The molecule has 0 heterocycles. The minimum absolute atomic E-state index is 0.228. The van der Waals surface area contributed by atoms with E-state index in [0.29, 0.717) is 0 Å². The second kappa shape index (κ2) is 14.8. The molecule has 1 atom stereocenters. The molecule has 0 aromatic carbocycles. The highest BCUT2D eigenvalue weighted by atomic mass is 19.4. The first-order valence-corrected chi connectivity index (χ1v) is 11.3. The van der Waals surface area contributed by atoms with E-state index in [2.05, 4.69) is 13.8 Å². The van der Waals surface area contributed by atoms with Gasteiger partial charge in [-0.2, -0.15) is 13.2 Å². The molecule has 3 heteroatoms. The molecule has 26 heavy (non-hydrogen) atoms. The van der Waals surface area contributed by atoms with Crippen LogP contribution < -0.4 is 0 Å². The van der Waals surface area contributed by atoms with Crippen molar-refractivity contribution >= 4 is 0 Å². The van der Waals surface area contributed by atoms with E-state index in [1.165, 1.54) is 78.1 Å². The van der Waals surface area contributed by atoms with Crippen LogP contribution in [0, 0.1) is 11.3 Å². The third kappa shape index (κ3) is 11.5. The fourth-order valence-electron chi connectivity index (χ4n) is 3.79. The van der Waals surface area contributed by atoms with E-state index in [4.69, 9.17) is 0 Å². The molecule has 158 valence electrons. The highest BCUT2D eigenvalue weighted by Gasteiger charge is 2.51. The van der Waals surface area contributed by atoms with Gasteiger partial charge in [-0.15, -0.1) is 0 Å². The van der Waals surface area contributed by atoms with E-state index >= 15 is 0 Å². The zero-order valence-electron chi connectivity index (χ0n) is 18.0. The van der Waals surface area contributed by atoms with Crippen LogP contribution in [0.5, 0.6) is 0 Å². The van der Waals surface area contributed by atoms with Crippen molar-refractivity contribution in [3.63, 3.8) is 0 Å². The summed E-state index contributed by atoms with van der Waals surface area (Å²) in [5, 5.41) is 0. The summed E-state index contributed by atoms with van der Waals surface area (Å²) in [5.74, 6) is -0.228. The molecule has 0 aliphatic carbocycles. The zero-order valence-corrected chi connectivity index (χ0v) is 18.0. The summed E-state index contributed by atoms with van der Waals surface area (Å²) in [4.78, 5) is 0. The lowest BCUT2D eigenvalue weighted by Gasteiger charge is -2.36. The van der Waals surface area contributed by atoms with Crippen molar-refractivity contribution in [2.75, 3.05) is 0 Å². The Labute approximate surface area is 161 Å². The molecule has 0 bridgehead atoms. The molecule has 0 aliphatic heterocycles. The summed E-state index contributed by atoms with van der Waals surface area (Å²) in [5.41, 5.74) is -1.56. The maximum Gasteiger partial charge on any atom is 0.394 e. The van der Waals surface area contributed by atoms with Crippen LogP contribution >= 0.6 is 0 Å². The van der Waals surface area contributed by atoms with Crippen molar-refractivity contribution < 1.29 is 13.2 Å². The van der Waals surface area contributed by atoms with Gasteiger partial charge in [0.1, 0.15) is 0 Å². The number of alkyl halides is 3. The lowest BCUT2D eigenvalue weighted by Crippen LogP contribution is -2.39. The molecule has 0 saturated carbocycles. The van der Waals surface area contributed by atoms with Gasteiger partial charge in [-0.05, 0) is 18.8 Å². The van der Waals surface area contributed by atoms with Gasteiger partial charge in [0.2, 0.25) is 0 Å². The molecule has 0 spiro atoms. The summed E-state index contributed by atoms with van der Waals surface area (Å²) in [6.07, 6.45) is 13.9. The summed E-state index contributed by atoms with van der Waals surface area (Å²) < 4.78 is 40.5. The smallest absolute Gasteiger partial charge is 0.171 e. The SMILES string of the molecule is CCCCCCCCCCC(CCCCCCCC)C(C)(C)C(F)(F)F. The lowest BCUT2D eigenvalue weighted by atomic mass is 9.73. The normalized spacial score (nSPS) is 14.0. The average molecular weight is 379 g/mol. The lowest BCUT2D eigenvalue weighted by molar-refractivity contribution is -0.231. The molecule has 0 saturated heterocycles. The molecule has 0 aromatic rings. The van der Waals surface area contributed by atoms with Gasteiger partial charge in [-0.25, -0.2) is 0 Å². The van der Waals surface area contributed by atoms with Gasteiger partial charge >= 0.3 is 6.18 Å². The topological polar surface area (TPSA) is 0 Å². The van der Waals surface area contributed by atoms with Crippen molar-refractivity contribution in [3.8, 4) is 0 Å². The maximum atomic E-state index is 13.5. The van der Waals surface area contributed by atoms with E-state index < -0.39 is 11.6 Å². The van der Waals surface area contributed by atoms with Crippen molar-refractivity contribution in [1.82, 2.24) is 0 Å².